The molecular weight excluding hydrogens is 304 g/mol. The normalized spacial score (nSPS) is 13.0. The Hall–Kier alpha value is -2.41. The van der Waals surface area contributed by atoms with Crippen molar-refractivity contribution in [3.05, 3.63) is 59.4 Å². The lowest BCUT2D eigenvalue weighted by atomic mass is 9.92. The van der Waals surface area contributed by atoms with Gasteiger partial charge in [-0.15, -0.1) is 0 Å². The predicted molar refractivity (Wildman–Crippen MR) is 69.4 cm³/mol. The summed E-state index contributed by atoms with van der Waals surface area (Å²) in [6.45, 7) is 0. The highest BCUT2D eigenvalue weighted by Crippen LogP contribution is 2.39. The van der Waals surface area contributed by atoms with Crippen LogP contribution in [0.5, 0.6) is 0 Å². The van der Waals surface area contributed by atoms with Crippen LogP contribution in [0.3, 0.4) is 0 Å². The highest BCUT2D eigenvalue weighted by atomic mass is 19.4. The van der Waals surface area contributed by atoms with Gasteiger partial charge in [0.1, 0.15) is 5.82 Å². The standard InChI is InChI=1S/C15H10F4O3/c16-8-5-6-10(13(20)14(21)22)11(7-8)9-3-1-2-4-12(9)15(17,18)19/h1-7,13,20H,(H,21,22). The molecule has 2 aromatic rings. The molecule has 0 spiro atoms. The van der Waals surface area contributed by atoms with Crippen molar-refractivity contribution < 1.29 is 32.6 Å². The molecule has 0 saturated heterocycles. The number of aliphatic hydroxyl groups is 1. The van der Waals surface area contributed by atoms with Crippen LogP contribution in [0.2, 0.25) is 0 Å². The summed E-state index contributed by atoms with van der Waals surface area (Å²) in [5, 5.41) is 18.5. The molecule has 7 heteroatoms. The number of rotatable bonds is 3. The maximum Gasteiger partial charge on any atom is 0.417 e. The highest BCUT2D eigenvalue weighted by molar-refractivity contribution is 5.80. The quantitative estimate of drug-likeness (QED) is 0.851. The van der Waals surface area contributed by atoms with Gasteiger partial charge in [0.15, 0.2) is 6.10 Å². The zero-order chi connectivity index (χ0) is 16.5. The van der Waals surface area contributed by atoms with Gasteiger partial charge < -0.3 is 10.2 Å². The van der Waals surface area contributed by atoms with E-state index in [0.717, 1.165) is 30.3 Å². The van der Waals surface area contributed by atoms with E-state index in [4.69, 9.17) is 5.11 Å². The van der Waals surface area contributed by atoms with Gasteiger partial charge in [-0.3, -0.25) is 0 Å². The monoisotopic (exact) mass is 314 g/mol. The van der Waals surface area contributed by atoms with Crippen LogP contribution in [0, 0.1) is 5.82 Å². The van der Waals surface area contributed by atoms with Crippen molar-refractivity contribution in [1.82, 2.24) is 0 Å². The molecule has 116 valence electrons. The number of benzene rings is 2. The van der Waals surface area contributed by atoms with Crippen molar-refractivity contribution in [2.75, 3.05) is 0 Å². The second kappa shape index (κ2) is 5.76. The third kappa shape index (κ3) is 3.09. The molecule has 2 aromatic carbocycles. The minimum atomic E-state index is -4.70. The number of alkyl halides is 3. The van der Waals surface area contributed by atoms with Gasteiger partial charge >= 0.3 is 12.1 Å². The largest absolute Gasteiger partial charge is 0.479 e. The Kier molecular flexibility index (Phi) is 4.18. The molecule has 22 heavy (non-hydrogen) atoms. The summed E-state index contributed by atoms with van der Waals surface area (Å²) in [5.74, 6) is -2.48. The molecule has 0 aliphatic carbocycles. The molecule has 0 radical (unpaired) electrons. The van der Waals surface area contributed by atoms with E-state index >= 15 is 0 Å². The van der Waals surface area contributed by atoms with Crippen LogP contribution in [-0.2, 0) is 11.0 Å². The molecule has 2 N–H and O–H groups in total. The molecule has 0 fully saturated rings. The summed E-state index contributed by atoms with van der Waals surface area (Å²) in [4.78, 5) is 10.9. The Balaban J connectivity index is 2.73. The summed E-state index contributed by atoms with van der Waals surface area (Å²) < 4.78 is 52.6. The Labute approximate surface area is 122 Å². The van der Waals surface area contributed by atoms with Gasteiger partial charge in [0.2, 0.25) is 0 Å². The Morgan fingerprint density at radius 2 is 1.68 bits per heavy atom. The van der Waals surface area contributed by atoms with Gasteiger partial charge in [-0.1, -0.05) is 24.3 Å². The van der Waals surface area contributed by atoms with E-state index in [9.17, 15) is 27.5 Å². The van der Waals surface area contributed by atoms with Crippen LogP contribution >= 0.6 is 0 Å². The average molecular weight is 314 g/mol. The van der Waals surface area contributed by atoms with Gasteiger partial charge in [-0.2, -0.15) is 13.2 Å². The summed E-state index contributed by atoms with van der Waals surface area (Å²) in [6, 6.07) is 6.97. The van der Waals surface area contributed by atoms with Crippen LogP contribution in [0.15, 0.2) is 42.5 Å². The van der Waals surface area contributed by atoms with E-state index in [1.807, 2.05) is 0 Å². The van der Waals surface area contributed by atoms with Gasteiger partial charge in [-0.05, 0) is 34.9 Å². The predicted octanol–water partition coefficient (Wildman–Crippen LogP) is 3.63. The van der Waals surface area contributed by atoms with E-state index in [1.165, 1.54) is 12.1 Å². The molecule has 1 unspecified atom stereocenters. The van der Waals surface area contributed by atoms with Crippen molar-refractivity contribution in [2.45, 2.75) is 12.3 Å². The van der Waals surface area contributed by atoms with Crippen molar-refractivity contribution in [3.8, 4) is 11.1 Å². The lowest BCUT2D eigenvalue weighted by Gasteiger charge is -2.17. The summed E-state index contributed by atoms with van der Waals surface area (Å²) in [5.41, 5.74) is -2.07. The molecule has 3 nitrogen and oxygen atoms in total. The third-order valence-corrected chi connectivity index (χ3v) is 3.07. The SMILES string of the molecule is O=C(O)C(O)c1ccc(F)cc1-c1ccccc1C(F)(F)F. The first-order chi connectivity index (χ1) is 10.2. The van der Waals surface area contributed by atoms with Crippen LogP contribution in [-0.4, -0.2) is 16.2 Å². The second-order valence-corrected chi connectivity index (χ2v) is 4.52. The smallest absolute Gasteiger partial charge is 0.417 e. The highest BCUT2D eigenvalue weighted by Gasteiger charge is 2.34. The minimum absolute atomic E-state index is 0.314. The third-order valence-electron chi connectivity index (χ3n) is 3.07. The van der Waals surface area contributed by atoms with Gasteiger partial charge in [0.25, 0.3) is 0 Å². The van der Waals surface area contributed by atoms with E-state index in [0.29, 0.717) is 0 Å². The molecule has 0 heterocycles. The van der Waals surface area contributed by atoms with Crippen LogP contribution in [0.4, 0.5) is 17.6 Å². The topological polar surface area (TPSA) is 57.5 Å². The maximum absolute atomic E-state index is 13.4. The number of aliphatic carboxylic acids is 1. The summed E-state index contributed by atoms with van der Waals surface area (Å²) >= 11 is 0. The van der Waals surface area contributed by atoms with E-state index in [1.54, 1.807) is 0 Å². The number of carboxylic acids is 1. The molecule has 0 aliphatic heterocycles. The lowest BCUT2D eigenvalue weighted by Crippen LogP contribution is -2.13. The fraction of sp³-hybridized carbons (Fsp3) is 0.133. The second-order valence-electron chi connectivity index (χ2n) is 4.52. The lowest BCUT2D eigenvalue weighted by molar-refractivity contribution is -0.146. The fourth-order valence-corrected chi connectivity index (χ4v) is 2.10. The summed E-state index contributed by atoms with van der Waals surface area (Å²) in [6.07, 6.45) is -6.76. The number of carbonyl (C=O) groups is 1. The molecule has 0 bridgehead atoms. The van der Waals surface area contributed by atoms with E-state index < -0.39 is 35.2 Å². The maximum atomic E-state index is 13.4. The first-order valence-corrected chi connectivity index (χ1v) is 6.08. The first-order valence-electron chi connectivity index (χ1n) is 6.08. The Morgan fingerprint density at radius 3 is 2.27 bits per heavy atom. The van der Waals surface area contributed by atoms with E-state index in [-0.39, 0.29) is 11.1 Å². The first kappa shape index (κ1) is 16.0. The van der Waals surface area contributed by atoms with Gasteiger partial charge in [-0.25, -0.2) is 9.18 Å². The van der Waals surface area contributed by atoms with Gasteiger partial charge in [0.05, 0.1) is 5.56 Å². The average Bonchev–Trinajstić information content (AvgIpc) is 2.45. The molecule has 0 saturated carbocycles. The minimum Gasteiger partial charge on any atom is -0.479 e. The molecular formula is C15H10F4O3. The molecule has 0 amide bonds. The van der Waals surface area contributed by atoms with Crippen molar-refractivity contribution >= 4 is 5.97 Å². The molecule has 2 rings (SSSR count). The summed E-state index contributed by atoms with van der Waals surface area (Å²) in [7, 11) is 0. The molecule has 1 atom stereocenters. The zero-order valence-electron chi connectivity index (χ0n) is 10.9. The Bertz CT molecular complexity index is 710. The number of hydrogen-bond donors (Lipinski definition) is 2. The van der Waals surface area contributed by atoms with Crippen molar-refractivity contribution in [1.29, 1.82) is 0 Å². The van der Waals surface area contributed by atoms with Crippen molar-refractivity contribution in [2.24, 2.45) is 0 Å². The van der Waals surface area contributed by atoms with Crippen LogP contribution in [0.1, 0.15) is 17.2 Å². The van der Waals surface area contributed by atoms with E-state index in [2.05, 4.69) is 0 Å². The number of halogens is 4. The fourth-order valence-electron chi connectivity index (χ4n) is 2.10. The number of hydrogen-bond acceptors (Lipinski definition) is 2. The number of carboxylic acid groups (broad SMARTS) is 1. The Morgan fingerprint density at radius 1 is 1.05 bits per heavy atom. The van der Waals surface area contributed by atoms with Crippen molar-refractivity contribution in [3.63, 3.8) is 0 Å². The zero-order valence-corrected chi connectivity index (χ0v) is 10.9. The van der Waals surface area contributed by atoms with Crippen LogP contribution in [0.25, 0.3) is 11.1 Å². The molecule has 0 aromatic heterocycles. The number of aliphatic hydroxyl groups excluding tert-OH is 1. The van der Waals surface area contributed by atoms with Crippen LogP contribution < -0.4 is 0 Å². The van der Waals surface area contributed by atoms with Gasteiger partial charge in [0, 0.05) is 0 Å². The molecule has 0 aliphatic rings.